The highest BCUT2D eigenvalue weighted by Crippen LogP contribution is 2.21. The van der Waals surface area contributed by atoms with E-state index in [2.05, 4.69) is 27.8 Å². The Kier molecular flexibility index (Phi) is 15.2. The summed E-state index contributed by atoms with van der Waals surface area (Å²) in [6, 6.07) is 14.3. The van der Waals surface area contributed by atoms with Gasteiger partial charge in [-0.2, -0.15) is 0 Å². The number of piperidine rings is 1. The summed E-state index contributed by atoms with van der Waals surface area (Å²) in [7, 11) is 0. The molecule has 1 aliphatic rings. The molecular formula is C36H49N7O6. The third kappa shape index (κ3) is 12.0. The van der Waals surface area contributed by atoms with Crippen LogP contribution in [0.15, 0.2) is 60.7 Å². The lowest BCUT2D eigenvalue weighted by molar-refractivity contribution is -0.148. The van der Waals surface area contributed by atoms with Crippen LogP contribution in [-0.2, 0) is 36.8 Å². The van der Waals surface area contributed by atoms with Gasteiger partial charge in [-0.15, -0.1) is 11.8 Å². The van der Waals surface area contributed by atoms with E-state index in [9.17, 15) is 29.1 Å². The number of amides is 4. The van der Waals surface area contributed by atoms with Gasteiger partial charge in [0.05, 0.1) is 6.04 Å². The first-order chi connectivity index (χ1) is 23.5. The Hall–Kier alpha value is -4.77. The van der Waals surface area contributed by atoms with Crippen molar-refractivity contribution in [1.82, 2.24) is 20.9 Å². The number of carbonyl (C=O) groups excluding carboxylic acids is 4. The number of aliphatic carboxylic acids is 1. The predicted octanol–water partition coefficient (Wildman–Crippen LogP) is 0.200. The molecule has 1 heterocycles. The van der Waals surface area contributed by atoms with Gasteiger partial charge < -0.3 is 43.2 Å². The SMILES string of the molecule is CC#CCC(NC(=O)[C@@H](Cc1ccccc1)NC(=O)[C@H](N)Cc1ccccc1)C(=O)N[C@H](CCCCN)C(=O)N1CCC(N)(C(=O)O)CC1. The van der Waals surface area contributed by atoms with Crippen molar-refractivity contribution in [3.63, 3.8) is 0 Å². The molecule has 0 spiro atoms. The molecule has 264 valence electrons. The number of carboxylic acids is 1. The zero-order valence-corrected chi connectivity index (χ0v) is 28.0. The number of nitrogens with one attached hydrogen (secondary N) is 3. The van der Waals surface area contributed by atoms with Crippen LogP contribution in [0.25, 0.3) is 0 Å². The fraction of sp³-hybridized carbons (Fsp3) is 0.472. The van der Waals surface area contributed by atoms with Gasteiger partial charge in [0.2, 0.25) is 23.6 Å². The van der Waals surface area contributed by atoms with Crippen LogP contribution in [0.2, 0.25) is 0 Å². The minimum atomic E-state index is -1.42. The minimum Gasteiger partial charge on any atom is -0.480 e. The largest absolute Gasteiger partial charge is 0.480 e. The Bertz CT molecular complexity index is 1470. The predicted molar refractivity (Wildman–Crippen MR) is 185 cm³/mol. The molecule has 0 saturated carbocycles. The molecule has 13 heteroatoms. The van der Waals surface area contributed by atoms with Crippen molar-refractivity contribution in [2.24, 2.45) is 17.2 Å². The van der Waals surface area contributed by atoms with E-state index in [-0.39, 0.29) is 57.5 Å². The Morgan fingerprint density at radius 3 is 1.90 bits per heavy atom. The molecule has 0 aliphatic carbocycles. The Labute approximate surface area is 287 Å². The maximum absolute atomic E-state index is 13.8. The fourth-order valence-corrected chi connectivity index (χ4v) is 5.57. The number of carboxylic acid groups (broad SMARTS) is 1. The summed E-state index contributed by atoms with van der Waals surface area (Å²) in [6.45, 7) is 2.26. The van der Waals surface area contributed by atoms with Crippen molar-refractivity contribution < 1.29 is 29.1 Å². The van der Waals surface area contributed by atoms with Gasteiger partial charge in [-0.3, -0.25) is 24.0 Å². The van der Waals surface area contributed by atoms with E-state index in [4.69, 9.17) is 17.2 Å². The lowest BCUT2D eigenvalue weighted by atomic mass is 9.88. The maximum atomic E-state index is 13.8. The van der Waals surface area contributed by atoms with Crippen LogP contribution in [0.4, 0.5) is 0 Å². The standard InChI is InChI=1S/C36H49N7O6/c1-2-3-16-28(32(45)41-29(17-10-11-20-37)34(47)43-21-18-36(39,19-22-43)35(48)49)40-33(46)30(24-26-14-8-5-9-15-26)42-31(44)27(38)23-25-12-6-4-7-13-25/h4-9,12-15,27-30H,10-11,16-24,37-39H2,1H3,(H,40,46)(H,41,45)(H,42,44)(H,48,49)/t27-,28?,29-,30-/m1/s1. The molecule has 4 amide bonds. The fourth-order valence-electron chi connectivity index (χ4n) is 5.57. The molecule has 0 aromatic heterocycles. The molecule has 4 atom stereocenters. The lowest BCUT2D eigenvalue weighted by Crippen LogP contribution is -2.60. The van der Waals surface area contributed by atoms with Gasteiger partial charge in [0, 0.05) is 25.9 Å². The summed E-state index contributed by atoms with van der Waals surface area (Å²) in [4.78, 5) is 67.4. The highest BCUT2D eigenvalue weighted by atomic mass is 16.4. The summed E-state index contributed by atoms with van der Waals surface area (Å²) >= 11 is 0. The van der Waals surface area contributed by atoms with Gasteiger partial charge >= 0.3 is 5.97 Å². The van der Waals surface area contributed by atoms with Crippen LogP contribution < -0.4 is 33.2 Å². The Balaban J connectivity index is 1.77. The molecule has 49 heavy (non-hydrogen) atoms. The van der Waals surface area contributed by atoms with E-state index < -0.39 is 53.4 Å². The number of benzene rings is 2. The molecule has 1 unspecified atom stereocenters. The van der Waals surface area contributed by atoms with Crippen LogP contribution in [0.5, 0.6) is 0 Å². The number of rotatable bonds is 17. The number of likely N-dealkylation sites (tertiary alicyclic amines) is 1. The van der Waals surface area contributed by atoms with E-state index in [0.29, 0.717) is 19.4 Å². The topological polar surface area (TPSA) is 223 Å². The monoisotopic (exact) mass is 675 g/mol. The highest BCUT2D eigenvalue weighted by molar-refractivity contribution is 5.95. The molecule has 2 aromatic rings. The summed E-state index contributed by atoms with van der Waals surface area (Å²) in [5, 5.41) is 17.8. The second kappa shape index (κ2) is 19.3. The van der Waals surface area contributed by atoms with Crippen molar-refractivity contribution >= 4 is 29.6 Å². The molecule has 0 radical (unpaired) electrons. The quantitative estimate of drug-likeness (QED) is 0.0897. The van der Waals surface area contributed by atoms with Crippen LogP contribution in [0.3, 0.4) is 0 Å². The van der Waals surface area contributed by atoms with Gasteiger partial charge in [0.1, 0.15) is 23.7 Å². The Morgan fingerprint density at radius 1 is 0.816 bits per heavy atom. The van der Waals surface area contributed by atoms with E-state index in [1.807, 2.05) is 60.7 Å². The first kappa shape index (κ1) is 38.7. The lowest BCUT2D eigenvalue weighted by Gasteiger charge is -2.38. The molecule has 10 N–H and O–H groups in total. The molecule has 1 aliphatic heterocycles. The number of nitrogens with zero attached hydrogens (tertiary/aromatic N) is 1. The molecule has 3 rings (SSSR count). The van der Waals surface area contributed by atoms with E-state index in [1.54, 1.807) is 6.92 Å². The molecule has 2 aromatic carbocycles. The molecule has 1 fully saturated rings. The molecular weight excluding hydrogens is 626 g/mol. The maximum Gasteiger partial charge on any atom is 0.323 e. The number of unbranched alkanes of at least 4 members (excludes halogenated alkanes) is 1. The van der Waals surface area contributed by atoms with Gasteiger partial charge in [0.15, 0.2) is 0 Å². The average molecular weight is 676 g/mol. The minimum absolute atomic E-state index is 0.0463. The van der Waals surface area contributed by atoms with Crippen molar-refractivity contribution in [1.29, 1.82) is 0 Å². The third-order valence-corrected chi connectivity index (χ3v) is 8.62. The molecule has 13 nitrogen and oxygen atoms in total. The molecule has 1 saturated heterocycles. The van der Waals surface area contributed by atoms with Crippen molar-refractivity contribution in [2.75, 3.05) is 19.6 Å². The smallest absolute Gasteiger partial charge is 0.323 e. The van der Waals surface area contributed by atoms with Gasteiger partial charge in [0.25, 0.3) is 0 Å². The van der Waals surface area contributed by atoms with Crippen LogP contribution in [0.1, 0.15) is 56.6 Å². The first-order valence-electron chi connectivity index (χ1n) is 16.6. The van der Waals surface area contributed by atoms with Gasteiger partial charge in [-0.1, -0.05) is 60.7 Å². The summed E-state index contributed by atoms with van der Waals surface area (Å²) in [5.74, 6) is 2.32. The first-order valence-corrected chi connectivity index (χ1v) is 16.6. The molecule has 0 bridgehead atoms. The zero-order chi connectivity index (χ0) is 35.8. The number of hydrogen-bond acceptors (Lipinski definition) is 8. The Morgan fingerprint density at radius 2 is 1.35 bits per heavy atom. The van der Waals surface area contributed by atoms with Gasteiger partial charge in [-0.05, 0) is 63.1 Å². The second-order valence-electron chi connectivity index (χ2n) is 12.4. The zero-order valence-electron chi connectivity index (χ0n) is 28.0. The summed E-state index contributed by atoms with van der Waals surface area (Å²) in [5.41, 5.74) is 18.1. The third-order valence-electron chi connectivity index (χ3n) is 8.62. The normalized spacial score (nSPS) is 16.1. The van der Waals surface area contributed by atoms with E-state index in [1.165, 1.54) is 4.90 Å². The number of hydrogen-bond donors (Lipinski definition) is 7. The van der Waals surface area contributed by atoms with E-state index in [0.717, 1.165) is 11.1 Å². The van der Waals surface area contributed by atoms with Crippen LogP contribution >= 0.6 is 0 Å². The second-order valence-corrected chi connectivity index (χ2v) is 12.4. The number of carbonyl (C=O) groups is 5. The van der Waals surface area contributed by atoms with Crippen molar-refractivity contribution in [2.45, 2.75) is 88.0 Å². The van der Waals surface area contributed by atoms with Crippen molar-refractivity contribution in [3.05, 3.63) is 71.8 Å². The van der Waals surface area contributed by atoms with Crippen LogP contribution in [-0.4, -0.2) is 88.9 Å². The summed E-state index contributed by atoms with van der Waals surface area (Å²) < 4.78 is 0. The number of nitrogens with two attached hydrogens (primary N) is 3. The summed E-state index contributed by atoms with van der Waals surface area (Å²) in [6.07, 6.45) is 1.97. The van der Waals surface area contributed by atoms with E-state index >= 15 is 0 Å². The van der Waals surface area contributed by atoms with Gasteiger partial charge in [-0.25, -0.2) is 0 Å². The van der Waals surface area contributed by atoms with Crippen molar-refractivity contribution in [3.8, 4) is 11.8 Å². The highest BCUT2D eigenvalue weighted by Gasteiger charge is 2.40. The van der Waals surface area contributed by atoms with Crippen LogP contribution in [0, 0.1) is 11.8 Å². The average Bonchev–Trinajstić information content (AvgIpc) is 3.10.